The number of carbonyl (C=O) groups excluding carboxylic acids is 2. The molecule has 2 aromatic rings. The molecule has 1 amide bonds. The predicted molar refractivity (Wildman–Crippen MR) is 112 cm³/mol. The largest absolute Gasteiger partial charge is 0.493 e. The van der Waals surface area contributed by atoms with Crippen LogP contribution < -0.4 is 14.8 Å². The van der Waals surface area contributed by atoms with E-state index < -0.39 is 0 Å². The quantitative estimate of drug-likeness (QED) is 0.651. The van der Waals surface area contributed by atoms with E-state index >= 15 is 0 Å². The number of nitrogens with one attached hydrogen (secondary N) is 1. The fourth-order valence-corrected chi connectivity index (χ4v) is 2.84. The summed E-state index contributed by atoms with van der Waals surface area (Å²) in [4.78, 5) is 26.1. The van der Waals surface area contributed by atoms with Gasteiger partial charge < -0.3 is 19.5 Å². The third-order valence-electron chi connectivity index (χ3n) is 4.09. The highest BCUT2D eigenvalue weighted by molar-refractivity contribution is 5.94. The zero-order valence-corrected chi connectivity index (χ0v) is 17.5. The number of amides is 1. The van der Waals surface area contributed by atoms with E-state index in [0.29, 0.717) is 29.3 Å². The zero-order chi connectivity index (χ0) is 21.4. The van der Waals surface area contributed by atoms with Crippen molar-refractivity contribution in [1.29, 1.82) is 0 Å². The third kappa shape index (κ3) is 6.50. The van der Waals surface area contributed by atoms with E-state index in [0.717, 1.165) is 5.56 Å². The second-order valence-corrected chi connectivity index (χ2v) is 6.90. The maximum atomic E-state index is 12.4. The molecule has 0 radical (unpaired) electrons. The van der Waals surface area contributed by atoms with Crippen molar-refractivity contribution in [3.8, 4) is 11.5 Å². The number of hydrogen-bond donors (Lipinski definition) is 1. The van der Waals surface area contributed by atoms with E-state index in [-0.39, 0.29) is 24.5 Å². The van der Waals surface area contributed by atoms with Gasteiger partial charge >= 0.3 is 5.97 Å². The fourth-order valence-electron chi connectivity index (χ4n) is 2.84. The lowest BCUT2D eigenvalue weighted by Gasteiger charge is -2.19. The van der Waals surface area contributed by atoms with Crippen molar-refractivity contribution in [3.05, 3.63) is 53.6 Å². The molecule has 0 aliphatic heterocycles. The lowest BCUT2D eigenvalue weighted by Crippen LogP contribution is -2.30. The first kappa shape index (κ1) is 22.2. The molecule has 156 valence electrons. The SMILES string of the molecule is COc1cccc(CN(C)CC(=O)Nc2ccc(C(=O)OC(C)C)cc2)c1OC. The first-order valence-corrected chi connectivity index (χ1v) is 9.33. The van der Waals surface area contributed by atoms with Crippen molar-refractivity contribution in [2.45, 2.75) is 26.5 Å². The standard InChI is InChI=1S/C22H28N2O5/c1-15(2)29-22(26)16-9-11-18(12-10-16)23-20(25)14-24(3)13-17-7-6-8-19(27-4)21(17)28-5/h6-12,15H,13-14H2,1-5H3,(H,23,25). The van der Waals surface area contributed by atoms with Gasteiger partial charge in [0.15, 0.2) is 11.5 Å². The number of anilines is 1. The van der Waals surface area contributed by atoms with E-state index in [1.165, 1.54) is 0 Å². The summed E-state index contributed by atoms with van der Waals surface area (Å²) in [5.41, 5.74) is 1.98. The second kappa shape index (κ2) is 10.5. The summed E-state index contributed by atoms with van der Waals surface area (Å²) < 4.78 is 15.9. The van der Waals surface area contributed by atoms with E-state index in [1.807, 2.05) is 30.1 Å². The molecule has 7 nitrogen and oxygen atoms in total. The van der Waals surface area contributed by atoms with Crippen LogP contribution in [0, 0.1) is 0 Å². The number of benzene rings is 2. The number of nitrogens with zero attached hydrogens (tertiary/aromatic N) is 1. The maximum absolute atomic E-state index is 12.4. The Morgan fingerprint density at radius 3 is 2.31 bits per heavy atom. The molecule has 0 unspecified atom stereocenters. The number of rotatable bonds is 9. The minimum Gasteiger partial charge on any atom is -0.493 e. The number of carbonyl (C=O) groups is 2. The van der Waals surface area contributed by atoms with Crippen molar-refractivity contribution in [2.24, 2.45) is 0 Å². The van der Waals surface area contributed by atoms with Gasteiger partial charge in [0, 0.05) is 17.8 Å². The molecule has 0 bridgehead atoms. The van der Waals surface area contributed by atoms with Gasteiger partial charge in [-0.1, -0.05) is 12.1 Å². The number of likely N-dealkylation sites (N-methyl/N-ethyl adjacent to an activating group) is 1. The van der Waals surface area contributed by atoms with Crippen LogP contribution >= 0.6 is 0 Å². The molecule has 2 rings (SSSR count). The Hall–Kier alpha value is -3.06. The minimum absolute atomic E-state index is 0.160. The van der Waals surface area contributed by atoms with Gasteiger partial charge in [-0.3, -0.25) is 9.69 Å². The number of esters is 1. The predicted octanol–water partition coefficient (Wildman–Crippen LogP) is 3.34. The van der Waals surface area contributed by atoms with Crippen molar-refractivity contribution >= 4 is 17.6 Å². The first-order valence-electron chi connectivity index (χ1n) is 9.33. The van der Waals surface area contributed by atoms with Crippen LogP contribution in [0.4, 0.5) is 5.69 Å². The van der Waals surface area contributed by atoms with Crippen LogP contribution in [0.2, 0.25) is 0 Å². The van der Waals surface area contributed by atoms with Gasteiger partial charge in [-0.05, 0) is 51.2 Å². The molecular weight excluding hydrogens is 372 g/mol. The Balaban J connectivity index is 1.93. The van der Waals surface area contributed by atoms with E-state index in [9.17, 15) is 9.59 Å². The summed E-state index contributed by atoms with van der Waals surface area (Å²) in [5.74, 6) is 0.766. The van der Waals surface area contributed by atoms with Crippen LogP contribution in [0.3, 0.4) is 0 Å². The van der Waals surface area contributed by atoms with Crippen LogP contribution in [-0.2, 0) is 16.1 Å². The smallest absolute Gasteiger partial charge is 0.338 e. The molecule has 0 spiro atoms. The van der Waals surface area contributed by atoms with Crippen LogP contribution in [-0.4, -0.2) is 50.7 Å². The van der Waals surface area contributed by atoms with E-state index in [2.05, 4.69) is 5.32 Å². The molecule has 2 aromatic carbocycles. The Kier molecular flexibility index (Phi) is 8.03. The molecule has 0 aliphatic rings. The summed E-state index contributed by atoms with van der Waals surface area (Å²) >= 11 is 0. The molecule has 0 aromatic heterocycles. The fraction of sp³-hybridized carbons (Fsp3) is 0.364. The van der Waals surface area contributed by atoms with Crippen LogP contribution in [0.15, 0.2) is 42.5 Å². The van der Waals surface area contributed by atoms with Gasteiger partial charge in [0.05, 0.1) is 32.4 Å². The van der Waals surface area contributed by atoms with Crippen LogP contribution in [0.1, 0.15) is 29.8 Å². The number of methoxy groups -OCH3 is 2. The van der Waals surface area contributed by atoms with Gasteiger partial charge in [0.1, 0.15) is 0 Å². The summed E-state index contributed by atoms with van der Waals surface area (Å²) in [6.45, 7) is 4.31. The molecule has 29 heavy (non-hydrogen) atoms. The van der Waals surface area contributed by atoms with Crippen molar-refractivity contribution in [3.63, 3.8) is 0 Å². The molecule has 0 atom stereocenters. The number of para-hydroxylation sites is 1. The summed E-state index contributed by atoms with van der Waals surface area (Å²) in [6.07, 6.45) is -0.180. The minimum atomic E-state index is -0.384. The Labute approximate surface area is 171 Å². The number of hydrogen-bond acceptors (Lipinski definition) is 6. The highest BCUT2D eigenvalue weighted by atomic mass is 16.5. The zero-order valence-electron chi connectivity index (χ0n) is 17.5. The van der Waals surface area contributed by atoms with Gasteiger partial charge in [-0.2, -0.15) is 0 Å². The van der Waals surface area contributed by atoms with Crippen molar-refractivity contribution < 1.29 is 23.8 Å². The lowest BCUT2D eigenvalue weighted by molar-refractivity contribution is -0.117. The highest BCUT2D eigenvalue weighted by Crippen LogP contribution is 2.31. The van der Waals surface area contributed by atoms with Crippen LogP contribution in [0.5, 0.6) is 11.5 Å². The van der Waals surface area contributed by atoms with E-state index in [4.69, 9.17) is 14.2 Å². The van der Waals surface area contributed by atoms with Crippen molar-refractivity contribution in [1.82, 2.24) is 4.90 Å². The summed E-state index contributed by atoms with van der Waals surface area (Å²) in [6, 6.07) is 12.3. The van der Waals surface area contributed by atoms with Crippen LogP contribution in [0.25, 0.3) is 0 Å². The first-order chi connectivity index (χ1) is 13.8. The third-order valence-corrected chi connectivity index (χ3v) is 4.09. The average molecular weight is 400 g/mol. The van der Waals surface area contributed by atoms with Gasteiger partial charge in [-0.25, -0.2) is 4.79 Å². The van der Waals surface area contributed by atoms with Crippen molar-refractivity contribution in [2.75, 3.05) is 33.1 Å². The molecule has 0 saturated carbocycles. The normalized spacial score (nSPS) is 10.7. The molecule has 0 saturated heterocycles. The lowest BCUT2D eigenvalue weighted by atomic mass is 10.1. The highest BCUT2D eigenvalue weighted by Gasteiger charge is 2.14. The molecule has 0 heterocycles. The Bertz CT molecular complexity index is 834. The topological polar surface area (TPSA) is 77.1 Å². The molecule has 7 heteroatoms. The molecule has 0 aliphatic carbocycles. The molecule has 0 fully saturated rings. The van der Waals surface area contributed by atoms with Gasteiger partial charge in [0.2, 0.25) is 5.91 Å². The second-order valence-electron chi connectivity index (χ2n) is 6.90. The molecule has 1 N–H and O–H groups in total. The summed E-state index contributed by atoms with van der Waals surface area (Å²) in [5, 5.41) is 2.83. The monoisotopic (exact) mass is 400 g/mol. The maximum Gasteiger partial charge on any atom is 0.338 e. The average Bonchev–Trinajstić information content (AvgIpc) is 2.67. The van der Waals surface area contributed by atoms with Gasteiger partial charge in [0.25, 0.3) is 0 Å². The van der Waals surface area contributed by atoms with E-state index in [1.54, 1.807) is 52.3 Å². The summed E-state index contributed by atoms with van der Waals surface area (Å²) in [7, 11) is 5.03. The Morgan fingerprint density at radius 1 is 1.03 bits per heavy atom. The Morgan fingerprint density at radius 2 is 1.72 bits per heavy atom. The van der Waals surface area contributed by atoms with Gasteiger partial charge in [-0.15, -0.1) is 0 Å². The molecular formula is C22H28N2O5. The number of ether oxygens (including phenoxy) is 3.